The van der Waals surface area contributed by atoms with Crippen molar-refractivity contribution >= 4 is 23.0 Å². The van der Waals surface area contributed by atoms with Crippen molar-refractivity contribution in [3.05, 3.63) is 58.6 Å². The van der Waals surface area contributed by atoms with Crippen molar-refractivity contribution in [1.29, 1.82) is 0 Å². The van der Waals surface area contributed by atoms with Gasteiger partial charge in [-0.3, -0.25) is 0 Å². The van der Waals surface area contributed by atoms with E-state index in [9.17, 15) is 0 Å². The van der Waals surface area contributed by atoms with Gasteiger partial charge in [-0.15, -0.1) is 0 Å². The molecule has 2 rings (SSSR count). The lowest BCUT2D eigenvalue weighted by molar-refractivity contribution is 1.38. The molecule has 0 spiro atoms. The monoisotopic (exact) mass is 231 g/mol. The zero-order valence-electron chi connectivity index (χ0n) is 9.42. The highest BCUT2D eigenvalue weighted by Crippen LogP contribution is 2.26. The largest absolute Gasteiger partial charge is 0.355 e. The number of aryl methyl sites for hydroxylation is 2. The SMILES string of the molecule is Cc1cc(Nc2ccccc2)c(C)cc1Cl. The van der Waals surface area contributed by atoms with Gasteiger partial charge in [0.05, 0.1) is 0 Å². The van der Waals surface area contributed by atoms with Gasteiger partial charge in [0.15, 0.2) is 0 Å². The van der Waals surface area contributed by atoms with Crippen molar-refractivity contribution in [1.82, 2.24) is 0 Å². The lowest BCUT2D eigenvalue weighted by Crippen LogP contribution is -1.93. The zero-order chi connectivity index (χ0) is 11.5. The van der Waals surface area contributed by atoms with Crippen molar-refractivity contribution in [3.8, 4) is 0 Å². The Kier molecular flexibility index (Phi) is 3.16. The number of hydrogen-bond donors (Lipinski definition) is 1. The van der Waals surface area contributed by atoms with E-state index >= 15 is 0 Å². The topological polar surface area (TPSA) is 12.0 Å². The van der Waals surface area contributed by atoms with Gasteiger partial charge in [-0.25, -0.2) is 0 Å². The van der Waals surface area contributed by atoms with Crippen LogP contribution in [0.25, 0.3) is 0 Å². The molecule has 1 N–H and O–H groups in total. The molecule has 0 aliphatic carbocycles. The minimum atomic E-state index is 0.816. The van der Waals surface area contributed by atoms with E-state index in [1.165, 1.54) is 0 Å². The van der Waals surface area contributed by atoms with Crippen LogP contribution in [0.2, 0.25) is 5.02 Å². The molecule has 0 saturated heterocycles. The number of nitrogens with one attached hydrogen (secondary N) is 1. The maximum absolute atomic E-state index is 6.06. The second-order valence-electron chi connectivity index (χ2n) is 3.91. The standard InChI is InChI=1S/C14H14ClN/c1-10-9-14(11(2)8-13(10)15)16-12-6-4-3-5-7-12/h3-9,16H,1-2H3. The molecular weight excluding hydrogens is 218 g/mol. The molecule has 2 aromatic rings. The lowest BCUT2D eigenvalue weighted by Gasteiger charge is -2.11. The Labute approximate surface area is 101 Å². The van der Waals surface area contributed by atoms with Crippen LogP contribution in [0.15, 0.2) is 42.5 Å². The van der Waals surface area contributed by atoms with Crippen LogP contribution < -0.4 is 5.32 Å². The molecule has 1 nitrogen and oxygen atoms in total. The third kappa shape index (κ3) is 2.37. The molecule has 0 fully saturated rings. The molecule has 0 atom stereocenters. The number of rotatable bonds is 2. The Hall–Kier alpha value is -1.47. The Bertz CT molecular complexity index is 492. The van der Waals surface area contributed by atoms with Crippen molar-refractivity contribution < 1.29 is 0 Å². The normalized spacial score (nSPS) is 10.2. The first-order valence-electron chi connectivity index (χ1n) is 5.25. The highest BCUT2D eigenvalue weighted by atomic mass is 35.5. The summed E-state index contributed by atoms with van der Waals surface area (Å²) in [5.74, 6) is 0. The minimum Gasteiger partial charge on any atom is -0.355 e. The Balaban J connectivity index is 2.32. The fraction of sp³-hybridized carbons (Fsp3) is 0.143. The number of para-hydroxylation sites is 1. The van der Waals surface area contributed by atoms with E-state index in [0.717, 1.165) is 27.5 Å². The van der Waals surface area contributed by atoms with Crippen molar-refractivity contribution in [2.24, 2.45) is 0 Å². The van der Waals surface area contributed by atoms with E-state index in [2.05, 4.69) is 18.3 Å². The number of anilines is 2. The van der Waals surface area contributed by atoms with Gasteiger partial charge in [0, 0.05) is 16.4 Å². The van der Waals surface area contributed by atoms with E-state index in [1.807, 2.05) is 43.3 Å². The number of halogens is 1. The van der Waals surface area contributed by atoms with E-state index in [4.69, 9.17) is 11.6 Å². The average molecular weight is 232 g/mol. The first-order valence-corrected chi connectivity index (χ1v) is 5.63. The van der Waals surface area contributed by atoms with Crippen LogP contribution in [0, 0.1) is 13.8 Å². The Morgan fingerprint density at radius 2 is 1.62 bits per heavy atom. The molecule has 0 heterocycles. The van der Waals surface area contributed by atoms with Crippen LogP contribution in [-0.4, -0.2) is 0 Å². The van der Waals surface area contributed by atoms with Crippen molar-refractivity contribution in [3.63, 3.8) is 0 Å². The molecular formula is C14H14ClN. The van der Waals surface area contributed by atoms with Gasteiger partial charge in [0.1, 0.15) is 0 Å². The maximum atomic E-state index is 6.06. The highest BCUT2D eigenvalue weighted by molar-refractivity contribution is 6.31. The van der Waals surface area contributed by atoms with E-state index in [0.29, 0.717) is 0 Å². The third-order valence-corrected chi connectivity index (χ3v) is 2.97. The van der Waals surface area contributed by atoms with E-state index in [1.54, 1.807) is 0 Å². The predicted molar refractivity (Wildman–Crippen MR) is 70.7 cm³/mol. The summed E-state index contributed by atoms with van der Waals surface area (Å²) in [5.41, 5.74) is 4.44. The van der Waals surface area contributed by atoms with Gasteiger partial charge in [-0.1, -0.05) is 29.8 Å². The summed E-state index contributed by atoms with van der Waals surface area (Å²) >= 11 is 6.06. The summed E-state index contributed by atoms with van der Waals surface area (Å²) in [7, 11) is 0. The van der Waals surface area contributed by atoms with Gasteiger partial charge in [0.25, 0.3) is 0 Å². The van der Waals surface area contributed by atoms with Crippen LogP contribution in [0.4, 0.5) is 11.4 Å². The molecule has 2 aromatic carbocycles. The van der Waals surface area contributed by atoms with Crippen molar-refractivity contribution in [2.75, 3.05) is 5.32 Å². The summed E-state index contributed by atoms with van der Waals surface area (Å²) in [6.45, 7) is 4.06. The molecule has 0 radical (unpaired) electrons. The minimum absolute atomic E-state index is 0.816. The maximum Gasteiger partial charge on any atom is 0.0439 e. The molecule has 0 amide bonds. The molecule has 82 valence electrons. The molecule has 0 bridgehead atoms. The second-order valence-corrected chi connectivity index (χ2v) is 4.31. The first-order chi connectivity index (χ1) is 7.66. The molecule has 0 saturated carbocycles. The Morgan fingerprint density at radius 3 is 2.31 bits per heavy atom. The van der Waals surface area contributed by atoms with Gasteiger partial charge in [-0.05, 0) is 49.2 Å². The molecule has 2 heteroatoms. The van der Waals surface area contributed by atoms with Crippen molar-refractivity contribution in [2.45, 2.75) is 13.8 Å². The Morgan fingerprint density at radius 1 is 0.938 bits per heavy atom. The van der Waals surface area contributed by atoms with Crippen LogP contribution in [0.1, 0.15) is 11.1 Å². The highest BCUT2D eigenvalue weighted by Gasteiger charge is 2.02. The third-order valence-electron chi connectivity index (χ3n) is 2.56. The van der Waals surface area contributed by atoms with E-state index in [-0.39, 0.29) is 0 Å². The lowest BCUT2D eigenvalue weighted by atomic mass is 10.1. The molecule has 16 heavy (non-hydrogen) atoms. The van der Waals surface area contributed by atoms with Crippen LogP contribution in [0.5, 0.6) is 0 Å². The van der Waals surface area contributed by atoms with Crippen LogP contribution >= 0.6 is 11.6 Å². The van der Waals surface area contributed by atoms with E-state index < -0.39 is 0 Å². The van der Waals surface area contributed by atoms with Gasteiger partial charge < -0.3 is 5.32 Å². The fourth-order valence-corrected chi connectivity index (χ4v) is 1.81. The van der Waals surface area contributed by atoms with Gasteiger partial charge in [-0.2, -0.15) is 0 Å². The summed E-state index contributed by atoms with van der Waals surface area (Å²) in [5, 5.41) is 4.20. The summed E-state index contributed by atoms with van der Waals surface area (Å²) in [6, 6.07) is 14.2. The van der Waals surface area contributed by atoms with Crippen LogP contribution in [-0.2, 0) is 0 Å². The van der Waals surface area contributed by atoms with Crippen LogP contribution in [0.3, 0.4) is 0 Å². The molecule has 0 aromatic heterocycles. The van der Waals surface area contributed by atoms with Gasteiger partial charge in [0.2, 0.25) is 0 Å². The molecule has 0 unspecified atom stereocenters. The van der Waals surface area contributed by atoms with Gasteiger partial charge >= 0.3 is 0 Å². The first kappa shape index (κ1) is 11.0. The summed E-state index contributed by atoms with van der Waals surface area (Å²) < 4.78 is 0. The quantitative estimate of drug-likeness (QED) is 0.790. The predicted octanol–water partition coefficient (Wildman–Crippen LogP) is 4.70. The number of hydrogen-bond acceptors (Lipinski definition) is 1. The molecule has 0 aliphatic heterocycles. The zero-order valence-corrected chi connectivity index (χ0v) is 10.2. The fourth-order valence-electron chi connectivity index (χ4n) is 1.59. The second kappa shape index (κ2) is 4.58. The summed E-state index contributed by atoms with van der Waals surface area (Å²) in [4.78, 5) is 0. The number of benzene rings is 2. The summed E-state index contributed by atoms with van der Waals surface area (Å²) in [6.07, 6.45) is 0. The average Bonchev–Trinajstić information content (AvgIpc) is 2.27. The molecule has 0 aliphatic rings. The smallest absolute Gasteiger partial charge is 0.0439 e.